The van der Waals surface area contributed by atoms with Gasteiger partial charge in [0, 0.05) is 19.4 Å². The van der Waals surface area contributed by atoms with Gasteiger partial charge in [-0.1, -0.05) is 283 Å². The van der Waals surface area contributed by atoms with Gasteiger partial charge in [0.05, 0.1) is 6.61 Å². The van der Waals surface area contributed by atoms with Gasteiger partial charge >= 0.3 is 11.9 Å². The molecular formula is C59H114O5. The summed E-state index contributed by atoms with van der Waals surface area (Å²) in [7, 11) is 0. The van der Waals surface area contributed by atoms with E-state index in [1.165, 1.54) is 250 Å². The summed E-state index contributed by atoms with van der Waals surface area (Å²) in [5, 5.41) is 0. The second-order valence-corrected chi connectivity index (χ2v) is 19.9. The summed E-state index contributed by atoms with van der Waals surface area (Å²) in [5.41, 5.74) is 0. The normalized spacial score (nSPS) is 12.1. The maximum Gasteiger partial charge on any atom is 0.306 e. The van der Waals surface area contributed by atoms with Gasteiger partial charge in [0.25, 0.3) is 0 Å². The van der Waals surface area contributed by atoms with Gasteiger partial charge in [0.2, 0.25) is 0 Å². The Hall–Kier alpha value is -1.36. The Morgan fingerprint density at radius 2 is 0.609 bits per heavy atom. The van der Waals surface area contributed by atoms with Gasteiger partial charge in [-0.2, -0.15) is 0 Å². The molecule has 0 amide bonds. The topological polar surface area (TPSA) is 61.8 Å². The second kappa shape index (κ2) is 56.0. The first-order valence-corrected chi connectivity index (χ1v) is 29.2. The fourth-order valence-corrected chi connectivity index (χ4v) is 8.92. The number of unbranched alkanes of at least 4 members (excludes halogenated alkanes) is 42. The van der Waals surface area contributed by atoms with Crippen LogP contribution < -0.4 is 0 Å². The Morgan fingerprint density at radius 1 is 0.328 bits per heavy atom. The van der Waals surface area contributed by atoms with Crippen molar-refractivity contribution in [1.82, 2.24) is 0 Å². The largest absolute Gasteiger partial charge is 0.462 e. The minimum atomic E-state index is -0.531. The molecule has 0 heterocycles. The van der Waals surface area contributed by atoms with Crippen LogP contribution in [0.4, 0.5) is 0 Å². The number of carbonyl (C=O) groups is 2. The highest BCUT2D eigenvalue weighted by atomic mass is 16.6. The average molecular weight is 904 g/mol. The van der Waals surface area contributed by atoms with Gasteiger partial charge in [-0.05, 0) is 44.9 Å². The molecule has 5 heteroatoms. The molecule has 0 fully saturated rings. The van der Waals surface area contributed by atoms with E-state index in [2.05, 4.69) is 32.9 Å². The van der Waals surface area contributed by atoms with Crippen molar-refractivity contribution in [3.63, 3.8) is 0 Å². The molecule has 0 saturated carbocycles. The van der Waals surface area contributed by atoms with Crippen molar-refractivity contribution in [2.75, 3.05) is 19.8 Å². The molecule has 0 rings (SSSR count). The van der Waals surface area contributed by atoms with Crippen LogP contribution in [-0.2, 0) is 23.8 Å². The molecule has 0 aliphatic heterocycles. The molecule has 0 aromatic heterocycles. The smallest absolute Gasteiger partial charge is 0.306 e. The molecule has 380 valence electrons. The van der Waals surface area contributed by atoms with E-state index in [0.717, 1.165) is 44.9 Å². The molecule has 0 radical (unpaired) electrons. The molecule has 64 heavy (non-hydrogen) atoms. The van der Waals surface area contributed by atoms with Gasteiger partial charge in [0.1, 0.15) is 6.61 Å². The number of rotatable bonds is 55. The highest BCUT2D eigenvalue weighted by molar-refractivity contribution is 5.70. The fraction of sp³-hybridized carbons (Fsp3) is 0.932. The maximum atomic E-state index is 12.8. The lowest BCUT2D eigenvalue weighted by atomic mass is 10.0. The molecule has 0 spiro atoms. The van der Waals surface area contributed by atoms with E-state index in [-0.39, 0.29) is 18.5 Å². The Bertz CT molecular complexity index is 932. The van der Waals surface area contributed by atoms with Crippen LogP contribution in [0, 0.1) is 0 Å². The highest BCUT2D eigenvalue weighted by Crippen LogP contribution is 2.17. The van der Waals surface area contributed by atoms with E-state index >= 15 is 0 Å². The highest BCUT2D eigenvalue weighted by Gasteiger charge is 2.17. The zero-order valence-corrected chi connectivity index (χ0v) is 43.8. The summed E-state index contributed by atoms with van der Waals surface area (Å²) in [6, 6.07) is 0. The summed E-state index contributed by atoms with van der Waals surface area (Å²) < 4.78 is 17.5. The third kappa shape index (κ3) is 53.3. The third-order valence-electron chi connectivity index (χ3n) is 13.3. The van der Waals surface area contributed by atoms with Crippen molar-refractivity contribution >= 4 is 11.9 Å². The first kappa shape index (κ1) is 62.6. The van der Waals surface area contributed by atoms with E-state index in [9.17, 15) is 9.59 Å². The lowest BCUT2D eigenvalue weighted by Crippen LogP contribution is -2.30. The Balaban J connectivity index is 4.16. The SMILES string of the molecule is CCCCCC/C=C\CCCCCCCC(=O)OC(COCCCCCCCCCCCCCCCCCCCCCC)COC(=O)CCCCCCCCCCCCCCCCC. The number of ether oxygens (including phenoxy) is 3. The first-order chi connectivity index (χ1) is 31.6. The van der Waals surface area contributed by atoms with Crippen LogP contribution in [0.1, 0.15) is 329 Å². The van der Waals surface area contributed by atoms with E-state index in [4.69, 9.17) is 14.2 Å². The molecular weight excluding hydrogens is 789 g/mol. The van der Waals surface area contributed by atoms with Crippen molar-refractivity contribution in [2.24, 2.45) is 0 Å². The summed E-state index contributed by atoms with van der Waals surface area (Å²) in [4.78, 5) is 25.5. The van der Waals surface area contributed by atoms with Crippen LogP contribution in [0.5, 0.6) is 0 Å². The maximum absolute atomic E-state index is 12.8. The van der Waals surface area contributed by atoms with Crippen LogP contribution in [-0.4, -0.2) is 37.9 Å². The minimum Gasteiger partial charge on any atom is -0.462 e. The van der Waals surface area contributed by atoms with Crippen molar-refractivity contribution in [3.05, 3.63) is 12.2 Å². The second-order valence-electron chi connectivity index (χ2n) is 19.9. The number of carbonyl (C=O) groups excluding carboxylic acids is 2. The average Bonchev–Trinajstić information content (AvgIpc) is 3.30. The number of allylic oxidation sites excluding steroid dienone is 2. The van der Waals surface area contributed by atoms with Crippen molar-refractivity contribution in [1.29, 1.82) is 0 Å². The molecule has 5 nitrogen and oxygen atoms in total. The fourth-order valence-electron chi connectivity index (χ4n) is 8.92. The van der Waals surface area contributed by atoms with Gasteiger partial charge < -0.3 is 14.2 Å². The lowest BCUT2D eigenvalue weighted by molar-refractivity contribution is -0.163. The number of hydrogen-bond donors (Lipinski definition) is 0. The molecule has 0 aliphatic rings. The van der Waals surface area contributed by atoms with Crippen LogP contribution >= 0.6 is 0 Å². The van der Waals surface area contributed by atoms with Crippen LogP contribution in [0.25, 0.3) is 0 Å². The zero-order valence-electron chi connectivity index (χ0n) is 43.8. The standard InChI is InChI=1S/C59H114O5/c1-4-7-10-13-16-19-22-25-27-28-29-30-31-33-36-39-42-45-48-51-54-62-55-57(64-59(61)53-50-47-44-41-38-34-24-21-18-15-12-9-6-3)56-63-58(60)52-49-46-43-40-37-35-32-26-23-20-17-14-11-8-5-2/h21,24,57H,4-20,22-23,25-56H2,1-3H3/b24-21-. The van der Waals surface area contributed by atoms with E-state index in [1.807, 2.05) is 0 Å². The quantitative estimate of drug-likeness (QED) is 0.0346. The van der Waals surface area contributed by atoms with E-state index in [1.54, 1.807) is 0 Å². The summed E-state index contributed by atoms with van der Waals surface area (Å²) in [6.45, 7) is 7.89. The molecule has 1 unspecified atom stereocenters. The number of esters is 2. The molecule has 0 saturated heterocycles. The van der Waals surface area contributed by atoms with Crippen LogP contribution in [0.3, 0.4) is 0 Å². The summed E-state index contributed by atoms with van der Waals surface area (Å²) >= 11 is 0. The minimum absolute atomic E-state index is 0.0920. The van der Waals surface area contributed by atoms with Crippen molar-refractivity contribution in [2.45, 2.75) is 335 Å². The molecule has 0 bridgehead atoms. The van der Waals surface area contributed by atoms with E-state index < -0.39 is 6.10 Å². The predicted octanol–water partition coefficient (Wildman–Crippen LogP) is 19.8. The molecule has 0 aliphatic carbocycles. The lowest BCUT2D eigenvalue weighted by Gasteiger charge is -2.18. The Kier molecular flexibility index (Phi) is 54.8. The van der Waals surface area contributed by atoms with Gasteiger partial charge in [0.15, 0.2) is 6.10 Å². The third-order valence-corrected chi connectivity index (χ3v) is 13.3. The summed E-state index contributed by atoms with van der Waals surface area (Å²) in [6.07, 6.45) is 65.2. The number of hydrogen-bond acceptors (Lipinski definition) is 5. The Labute approximate surface area is 401 Å². The van der Waals surface area contributed by atoms with Crippen molar-refractivity contribution < 1.29 is 23.8 Å². The summed E-state index contributed by atoms with van der Waals surface area (Å²) in [5.74, 6) is -0.381. The zero-order chi connectivity index (χ0) is 46.3. The Morgan fingerprint density at radius 3 is 0.969 bits per heavy atom. The van der Waals surface area contributed by atoms with Crippen molar-refractivity contribution in [3.8, 4) is 0 Å². The van der Waals surface area contributed by atoms with Crippen LogP contribution in [0.15, 0.2) is 12.2 Å². The molecule has 0 aromatic rings. The van der Waals surface area contributed by atoms with Crippen LogP contribution in [0.2, 0.25) is 0 Å². The molecule has 0 N–H and O–H groups in total. The van der Waals surface area contributed by atoms with Gasteiger partial charge in [-0.3, -0.25) is 9.59 Å². The molecule has 1 atom stereocenters. The van der Waals surface area contributed by atoms with Gasteiger partial charge in [-0.15, -0.1) is 0 Å². The predicted molar refractivity (Wildman–Crippen MR) is 279 cm³/mol. The first-order valence-electron chi connectivity index (χ1n) is 29.2. The van der Waals surface area contributed by atoms with Gasteiger partial charge in [-0.25, -0.2) is 0 Å². The monoisotopic (exact) mass is 903 g/mol. The van der Waals surface area contributed by atoms with E-state index in [0.29, 0.717) is 26.1 Å². The molecule has 0 aromatic carbocycles.